The molecule has 1 fully saturated rings. The number of piperazine rings is 1. The van der Waals surface area contributed by atoms with Crippen molar-refractivity contribution in [1.29, 1.82) is 0 Å². The Morgan fingerprint density at radius 3 is 2.44 bits per heavy atom. The second kappa shape index (κ2) is 8.37. The van der Waals surface area contributed by atoms with Crippen LogP contribution in [-0.4, -0.2) is 54.4 Å². The predicted molar refractivity (Wildman–Crippen MR) is 97.6 cm³/mol. The third kappa shape index (κ3) is 4.62. The summed E-state index contributed by atoms with van der Waals surface area (Å²) in [5, 5.41) is 2.82. The minimum absolute atomic E-state index is 0.131. The third-order valence-electron chi connectivity index (χ3n) is 4.45. The zero-order chi connectivity index (χ0) is 17.5. The number of hydrogen-bond acceptors (Lipinski definition) is 3. The van der Waals surface area contributed by atoms with Gasteiger partial charge in [-0.1, -0.05) is 18.2 Å². The molecule has 0 atom stereocenters. The van der Waals surface area contributed by atoms with Gasteiger partial charge in [0.2, 0.25) is 5.91 Å². The Morgan fingerprint density at radius 1 is 1.00 bits per heavy atom. The van der Waals surface area contributed by atoms with Gasteiger partial charge in [0, 0.05) is 51.0 Å². The van der Waals surface area contributed by atoms with Crippen molar-refractivity contribution in [3.63, 3.8) is 0 Å². The van der Waals surface area contributed by atoms with Crippen LogP contribution >= 0.6 is 0 Å². The van der Waals surface area contributed by atoms with Crippen molar-refractivity contribution in [2.45, 2.75) is 12.8 Å². The van der Waals surface area contributed by atoms with Gasteiger partial charge in [0.05, 0.1) is 0 Å². The summed E-state index contributed by atoms with van der Waals surface area (Å²) in [5.41, 5.74) is 1.75. The number of nitrogens with one attached hydrogen (secondary N) is 2. The van der Waals surface area contributed by atoms with Gasteiger partial charge in [0.25, 0.3) is 5.91 Å². The molecule has 2 amide bonds. The molecule has 1 aliphatic heterocycles. The van der Waals surface area contributed by atoms with E-state index in [1.54, 1.807) is 18.3 Å². The number of H-pyrrole nitrogens is 1. The maximum atomic E-state index is 12.3. The first-order chi connectivity index (χ1) is 12.2. The lowest BCUT2D eigenvalue weighted by Crippen LogP contribution is -2.48. The second-order valence-corrected chi connectivity index (χ2v) is 6.15. The van der Waals surface area contributed by atoms with Gasteiger partial charge in [0.1, 0.15) is 5.69 Å². The van der Waals surface area contributed by atoms with E-state index in [0.717, 1.165) is 26.2 Å². The molecule has 2 aromatic rings. The van der Waals surface area contributed by atoms with Crippen LogP contribution in [0, 0.1) is 0 Å². The van der Waals surface area contributed by atoms with Crippen LogP contribution in [0.5, 0.6) is 0 Å². The van der Waals surface area contributed by atoms with E-state index in [1.165, 1.54) is 5.69 Å². The quantitative estimate of drug-likeness (QED) is 0.789. The van der Waals surface area contributed by atoms with Gasteiger partial charge in [-0.15, -0.1) is 0 Å². The Kier molecular flexibility index (Phi) is 5.72. The lowest BCUT2D eigenvalue weighted by Gasteiger charge is -2.36. The van der Waals surface area contributed by atoms with Gasteiger partial charge in [-0.05, 0) is 30.7 Å². The number of carbonyl (C=O) groups is 2. The largest absolute Gasteiger partial charge is 0.368 e. The molecular weight excluding hydrogens is 316 g/mol. The average molecular weight is 340 g/mol. The number of aromatic nitrogens is 1. The zero-order valence-electron chi connectivity index (χ0n) is 14.3. The van der Waals surface area contributed by atoms with E-state index in [2.05, 4.69) is 27.3 Å². The van der Waals surface area contributed by atoms with Crippen LogP contribution in [0.1, 0.15) is 23.3 Å². The average Bonchev–Trinajstić information content (AvgIpc) is 3.21. The molecule has 0 radical (unpaired) electrons. The van der Waals surface area contributed by atoms with Crippen molar-refractivity contribution in [2.75, 3.05) is 37.6 Å². The fraction of sp³-hybridized carbons (Fsp3) is 0.368. The van der Waals surface area contributed by atoms with Gasteiger partial charge in [-0.3, -0.25) is 9.59 Å². The van der Waals surface area contributed by atoms with Gasteiger partial charge in [-0.2, -0.15) is 0 Å². The van der Waals surface area contributed by atoms with Crippen LogP contribution in [-0.2, 0) is 4.79 Å². The number of anilines is 1. The number of amides is 2. The van der Waals surface area contributed by atoms with E-state index >= 15 is 0 Å². The Balaban J connectivity index is 1.35. The fourth-order valence-electron chi connectivity index (χ4n) is 3.02. The summed E-state index contributed by atoms with van der Waals surface area (Å²) in [4.78, 5) is 31.2. The molecule has 1 aliphatic rings. The smallest absolute Gasteiger partial charge is 0.267 e. The Bertz CT molecular complexity index is 677. The standard InChI is InChI=1S/C19H24N4O2/c24-18(9-5-11-21-19(25)17-8-4-10-20-17)23-14-12-22(13-15-23)16-6-2-1-3-7-16/h1-4,6-8,10,20H,5,9,11-15H2,(H,21,25). The second-order valence-electron chi connectivity index (χ2n) is 6.15. The summed E-state index contributed by atoms with van der Waals surface area (Å²) in [6.45, 7) is 3.73. The SMILES string of the molecule is O=C(NCCCC(=O)N1CCN(c2ccccc2)CC1)c1ccc[nH]1. The fourth-order valence-corrected chi connectivity index (χ4v) is 3.02. The van der Waals surface area contributed by atoms with Gasteiger partial charge >= 0.3 is 0 Å². The minimum atomic E-state index is -0.131. The maximum absolute atomic E-state index is 12.3. The molecule has 1 aromatic carbocycles. The molecule has 2 heterocycles. The number of aromatic amines is 1. The predicted octanol–water partition coefficient (Wildman–Crippen LogP) is 1.87. The van der Waals surface area contributed by atoms with E-state index in [-0.39, 0.29) is 11.8 Å². The molecule has 0 aliphatic carbocycles. The molecule has 0 unspecified atom stereocenters. The summed E-state index contributed by atoms with van der Waals surface area (Å²) in [6, 6.07) is 13.8. The Labute approximate surface area is 147 Å². The Hall–Kier alpha value is -2.76. The number of benzene rings is 1. The molecule has 6 heteroatoms. The molecule has 3 rings (SSSR count). The summed E-state index contributed by atoms with van der Waals surface area (Å²) in [7, 11) is 0. The molecule has 0 spiro atoms. The van der Waals surface area contributed by atoms with Crippen molar-refractivity contribution in [3.8, 4) is 0 Å². The maximum Gasteiger partial charge on any atom is 0.267 e. The molecule has 2 N–H and O–H groups in total. The third-order valence-corrected chi connectivity index (χ3v) is 4.45. The summed E-state index contributed by atoms with van der Waals surface area (Å²) >= 11 is 0. The van der Waals surface area contributed by atoms with Crippen molar-refractivity contribution in [1.82, 2.24) is 15.2 Å². The van der Waals surface area contributed by atoms with E-state index in [4.69, 9.17) is 0 Å². The van der Waals surface area contributed by atoms with E-state index in [1.807, 2.05) is 23.1 Å². The first kappa shape index (κ1) is 17.1. The molecule has 0 bridgehead atoms. The zero-order valence-corrected chi connectivity index (χ0v) is 14.3. The van der Waals surface area contributed by atoms with Crippen LogP contribution in [0.3, 0.4) is 0 Å². The summed E-state index contributed by atoms with van der Waals surface area (Å²) in [6.07, 6.45) is 2.84. The molecule has 6 nitrogen and oxygen atoms in total. The summed E-state index contributed by atoms with van der Waals surface area (Å²) in [5.74, 6) is 0.0377. The van der Waals surface area contributed by atoms with Gasteiger partial charge in [-0.25, -0.2) is 0 Å². The van der Waals surface area contributed by atoms with Gasteiger partial charge < -0.3 is 20.1 Å². The monoisotopic (exact) mass is 340 g/mol. The van der Waals surface area contributed by atoms with Crippen molar-refractivity contribution in [3.05, 3.63) is 54.4 Å². The van der Waals surface area contributed by atoms with Crippen molar-refractivity contribution < 1.29 is 9.59 Å². The van der Waals surface area contributed by atoms with E-state index < -0.39 is 0 Å². The van der Waals surface area contributed by atoms with Crippen molar-refractivity contribution in [2.24, 2.45) is 0 Å². The molecule has 1 saturated heterocycles. The number of rotatable bonds is 6. The highest BCUT2D eigenvalue weighted by Crippen LogP contribution is 2.16. The van der Waals surface area contributed by atoms with Crippen LogP contribution < -0.4 is 10.2 Å². The highest BCUT2D eigenvalue weighted by atomic mass is 16.2. The number of nitrogens with zero attached hydrogens (tertiary/aromatic N) is 2. The highest BCUT2D eigenvalue weighted by molar-refractivity contribution is 5.92. The van der Waals surface area contributed by atoms with Crippen LogP contribution in [0.4, 0.5) is 5.69 Å². The Morgan fingerprint density at radius 2 is 1.76 bits per heavy atom. The molecule has 25 heavy (non-hydrogen) atoms. The first-order valence-corrected chi connectivity index (χ1v) is 8.73. The number of para-hydroxylation sites is 1. The molecule has 0 saturated carbocycles. The van der Waals surface area contributed by atoms with Gasteiger partial charge in [0.15, 0.2) is 0 Å². The van der Waals surface area contributed by atoms with E-state index in [0.29, 0.717) is 25.1 Å². The number of carbonyl (C=O) groups excluding carboxylic acids is 2. The van der Waals surface area contributed by atoms with Crippen LogP contribution in [0.15, 0.2) is 48.7 Å². The molecule has 1 aromatic heterocycles. The molecule has 132 valence electrons. The minimum Gasteiger partial charge on any atom is -0.368 e. The lowest BCUT2D eigenvalue weighted by atomic mass is 10.2. The topological polar surface area (TPSA) is 68.4 Å². The first-order valence-electron chi connectivity index (χ1n) is 8.73. The molecular formula is C19H24N4O2. The highest BCUT2D eigenvalue weighted by Gasteiger charge is 2.20. The van der Waals surface area contributed by atoms with E-state index in [9.17, 15) is 9.59 Å². The summed E-state index contributed by atoms with van der Waals surface area (Å²) < 4.78 is 0. The normalized spacial score (nSPS) is 14.4. The van der Waals surface area contributed by atoms with Crippen LogP contribution in [0.2, 0.25) is 0 Å². The van der Waals surface area contributed by atoms with Crippen LogP contribution in [0.25, 0.3) is 0 Å². The lowest BCUT2D eigenvalue weighted by molar-refractivity contribution is -0.131. The van der Waals surface area contributed by atoms with Crippen molar-refractivity contribution >= 4 is 17.5 Å². The number of hydrogen-bond donors (Lipinski definition) is 2.